The average molecular weight is 211 g/mol. The molecular weight excluding hydrogens is 197 g/mol. The van der Waals surface area contributed by atoms with E-state index in [-0.39, 0.29) is 29.6 Å². The summed E-state index contributed by atoms with van der Waals surface area (Å²) in [4.78, 5) is 10.5. The van der Waals surface area contributed by atoms with E-state index in [1.54, 1.807) is 0 Å². The van der Waals surface area contributed by atoms with Gasteiger partial charge in [0.2, 0.25) is 0 Å². The quantitative estimate of drug-likeness (QED) is 0.376. The third-order valence-electron chi connectivity index (χ3n) is 2.26. The minimum Gasteiger partial charge on any atom is -0.548 e. The Morgan fingerprint density at radius 2 is 2.08 bits per heavy atom. The summed E-state index contributed by atoms with van der Waals surface area (Å²) in [6.45, 7) is 0. The van der Waals surface area contributed by atoms with E-state index in [0.29, 0.717) is 11.8 Å². The number of carboxylic acids is 1. The molecule has 1 unspecified atom stereocenters. The molecule has 1 aliphatic rings. The summed E-state index contributed by atoms with van der Waals surface area (Å²) in [6.07, 6.45) is 4.56. The Morgan fingerprint density at radius 1 is 1.54 bits per heavy atom. The Kier molecular flexibility index (Phi) is 7.55. The topological polar surface area (TPSA) is 52.2 Å². The van der Waals surface area contributed by atoms with Gasteiger partial charge in [-0.25, -0.2) is 0 Å². The van der Waals surface area contributed by atoms with E-state index in [9.17, 15) is 9.90 Å². The fourth-order valence-electron chi connectivity index (χ4n) is 1.57. The van der Waals surface area contributed by atoms with Gasteiger partial charge in [-0.05, 0) is 12.8 Å². The van der Waals surface area contributed by atoms with Crippen LogP contribution in [0.25, 0.3) is 0 Å². The van der Waals surface area contributed by atoms with Crippen molar-refractivity contribution in [2.45, 2.75) is 37.8 Å². The first-order valence-corrected chi connectivity index (χ1v) is 4.95. The molecule has 1 saturated carbocycles. The first-order chi connectivity index (χ1) is 5.74. The van der Waals surface area contributed by atoms with Crippen molar-refractivity contribution in [3.63, 3.8) is 0 Å². The van der Waals surface area contributed by atoms with Crippen LogP contribution in [0.1, 0.15) is 25.7 Å². The van der Waals surface area contributed by atoms with Gasteiger partial charge in [-0.15, -0.1) is 0 Å². The molecule has 0 aromatic rings. The fourth-order valence-corrected chi connectivity index (χ4v) is 1.83. The molecule has 0 aromatic heterocycles. The number of thiol groups is 1. The van der Waals surface area contributed by atoms with Crippen molar-refractivity contribution in [3.05, 3.63) is 0 Å². The summed E-state index contributed by atoms with van der Waals surface area (Å²) >= 11 is 3.94. The normalized spacial score (nSPS) is 19.5. The van der Waals surface area contributed by atoms with Crippen LogP contribution < -0.4 is 40.0 Å². The van der Waals surface area contributed by atoms with Gasteiger partial charge in [0.1, 0.15) is 0 Å². The Bertz CT molecular complexity index is 162. The standard InChI is InChI=1S/C8H15NO2S.Na/c10-8(11)7(5-12)9-6-3-1-2-4-6;/h6-7,9,12H,1-5H2,(H,10,11);/q;+1/p-1. The van der Waals surface area contributed by atoms with E-state index in [4.69, 9.17) is 0 Å². The van der Waals surface area contributed by atoms with Gasteiger partial charge in [0.15, 0.2) is 0 Å². The van der Waals surface area contributed by atoms with Crippen molar-refractivity contribution < 1.29 is 39.5 Å². The number of carbonyl (C=O) groups is 1. The van der Waals surface area contributed by atoms with Crippen molar-refractivity contribution in [2.75, 3.05) is 5.75 Å². The molecule has 5 heteroatoms. The summed E-state index contributed by atoms with van der Waals surface area (Å²) in [5.74, 6) is -0.740. The number of hydrogen-bond acceptors (Lipinski definition) is 4. The maximum atomic E-state index is 10.5. The third-order valence-corrected chi connectivity index (χ3v) is 2.62. The SMILES string of the molecule is O=C([O-])C(CS)NC1CCCC1.[Na+]. The molecule has 1 fully saturated rings. The Balaban J connectivity index is 0.00000144. The van der Waals surface area contributed by atoms with Crippen LogP contribution in [0, 0.1) is 0 Å². The van der Waals surface area contributed by atoms with Crippen molar-refractivity contribution in [1.29, 1.82) is 0 Å². The van der Waals surface area contributed by atoms with Crippen molar-refractivity contribution in [3.8, 4) is 0 Å². The second kappa shape index (κ2) is 7.12. The van der Waals surface area contributed by atoms with Gasteiger partial charge in [0.05, 0.1) is 12.0 Å². The maximum Gasteiger partial charge on any atom is 1.00 e. The summed E-state index contributed by atoms with van der Waals surface area (Å²) in [7, 11) is 0. The predicted molar refractivity (Wildman–Crippen MR) is 48.0 cm³/mol. The fraction of sp³-hybridized carbons (Fsp3) is 0.875. The van der Waals surface area contributed by atoms with Gasteiger partial charge in [-0.1, -0.05) is 12.8 Å². The first kappa shape index (κ1) is 13.8. The maximum absolute atomic E-state index is 10.5. The van der Waals surface area contributed by atoms with Crippen LogP contribution in [0.2, 0.25) is 0 Å². The molecule has 1 aliphatic carbocycles. The van der Waals surface area contributed by atoms with Crippen LogP contribution in [-0.4, -0.2) is 23.8 Å². The molecular formula is C8H14NNaO2S. The molecule has 70 valence electrons. The van der Waals surface area contributed by atoms with Gasteiger partial charge in [-0.2, -0.15) is 12.6 Å². The summed E-state index contributed by atoms with van der Waals surface area (Å²) < 4.78 is 0. The van der Waals surface area contributed by atoms with E-state index in [0.717, 1.165) is 12.8 Å². The minimum atomic E-state index is -1.04. The summed E-state index contributed by atoms with van der Waals surface area (Å²) in [6, 6.07) is -0.225. The monoisotopic (exact) mass is 211 g/mol. The average Bonchev–Trinajstić information content (AvgIpc) is 2.51. The molecule has 1 N–H and O–H groups in total. The molecule has 0 saturated heterocycles. The van der Waals surface area contributed by atoms with Crippen molar-refractivity contribution in [2.24, 2.45) is 0 Å². The number of nitrogens with one attached hydrogen (secondary N) is 1. The van der Waals surface area contributed by atoms with Crippen molar-refractivity contribution >= 4 is 18.6 Å². The van der Waals surface area contributed by atoms with Gasteiger partial charge < -0.3 is 15.2 Å². The molecule has 1 rings (SSSR count). The van der Waals surface area contributed by atoms with E-state index in [2.05, 4.69) is 17.9 Å². The summed E-state index contributed by atoms with van der Waals surface area (Å²) in [5, 5.41) is 13.5. The Hall–Kier alpha value is 0.780. The molecule has 0 heterocycles. The second-order valence-corrected chi connectivity index (χ2v) is 3.57. The summed E-state index contributed by atoms with van der Waals surface area (Å²) in [5.41, 5.74) is 0. The third kappa shape index (κ3) is 4.70. The van der Waals surface area contributed by atoms with Crippen LogP contribution in [-0.2, 0) is 4.79 Å². The zero-order valence-corrected chi connectivity index (χ0v) is 10.8. The van der Waals surface area contributed by atoms with Gasteiger partial charge in [0, 0.05) is 11.8 Å². The molecule has 0 radical (unpaired) electrons. The van der Waals surface area contributed by atoms with E-state index in [1.807, 2.05) is 0 Å². The molecule has 0 bridgehead atoms. The zero-order valence-electron chi connectivity index (χ0n) is 7.95. The van der Waals surface area contributed by atoms with E-state index >= 15 is 0 Å². The van der Waals surface area contributed by atoms with E-state index in [1.165, 1.54) is 12.8 Å². The van der Waals surface area contributed by atoms with Crippen LogP contribution in [0.5, 0.6) is 0 Å². The number of rotatable bonds is 4. The number of aliphatic carboxylic acids is 1. The molecule has 0 aromatic carbocycles. The van der Waals surface area contributed by atoms with Crippen molar-refractivity contribution in [1.82, 2.24) is 5.32 Å². The predicted octanol–water partition coefficient (Wildman–Crippen LogP) is -3.43. The molecule has 0 spiro atoms. The molecule has 13 heavy (non-hydrogen) atoms. The largest absolute Gasteiger partial charge is 1.00 e. The number of carboxylic acid groups (broad SMARTS) is 1. The van der Waals surface area contributed by atoms with Crippen LogP contribution >= 0.6 is 12.6 Å². The second-order valence-electron chi connectivity index (χ2n) is 3.20. The Morgan fingerprint density at radius 3 is 2.46 bits per heavy atom. The molecule has 1 atom stereocenters. The molecule has 3 nitrogen and oxygen atoms in total. The van der Waals surface area contributed by atoms with Crippen LogP contribution in [0.3, 0.4) is 0 Å². The smallest absolute Gasteiger partial charge is 0.548 e. The van der Waals surface area contributed by atoms with Crippen LogP contribution in [0.4, 0.5) is 0 Å². The van der Waals surface area contributed by atoms with E-state index < -0.39 is 12.0 Å². The van der Waals surface area contributed by atoms with Gasteiger partial charge in [-0.3, -0.25) is 0 Å². The minimum absolute atomic E-state index is 0. The van der Waals surface area contributed by atoms with Gasteiger partial charge in [0.25, 0.3) is 0 Å². The Labute approximate surface area is 106 Å². The zero-order chi connectivity index (χ0) is 8.97. The molecule has 0 aliphatic heterocycles. The molecule has 0 amide bonds. The van der Waals surface area contributed by atoms with Crippen LogP contribution in [0.15, 0.2) is 0 Å². The number of hydrogen-bond donors (Lipinski definition) is 2. The number of carbonyl (C=O) groups excluding carboxylic acids is 1. The van der Waals surface area contributed by atoms with Gasteiger partial charge >= 0.3 is 29.6 Å². The first-order valence-electron chi connectivity index (χ1n) is 4.32.